The zero-order chi connectivity index (χ0) is 9.80. The van der Waals surface area contributed by atoms with Crippen LogP contribution in [-0.4, -0.2) is 19.4 Å². The lowest BCUT2D eigenvalue weighted by atomic mass is 10.0. The van der Waals surface area contributed by atoms with Gasteiger partial charge in [-0.25, -0.2) is 0 Å². The van der Waals surface area contributed by atoms with Crippen LogP contribution in [0.2, 0.25) is 0 Å². The van der Waals surface area contributed by atoms with E-state index in [0.29, 0.717) is 0 Å². The fourth-order valence-electron chi connectivity index (χ4n) is 1.79. The van der Waals surface area contributed by atoms with Crippen molar-refractivity contribution >= 4 is 12.4 Å². The summed E-state index contributed by atoms with van der Waals surface area (Å²) in [4.78, 5) is 0. The molecule has 84 valence electrons. The molecule has 1 aromatic rings. The zero-order valence-corrected chi connectivity index (χ0v) is 9.85. The molecule has 0 bridgehead atoms. The lowest BCUT2D eigenvalue weighted by Crippen LogP contribution is -2.39. The van der Waals surface area contributed by atoms with Crippen molar-refractivity contribution in [2.75, 3.05) is 13.2 Å². The molecule has 2 rings (SSSR count). The first-order valence-corrected chi connectivity index (χ1v) is 5.26. The molecular weight excluding hydrogens is 210 g/mol. The van der Waals surface area contributed by atoms with E-state index in [1.165, 1.54) is 11.1 Å². The van der Waals surface area contributed by atoms with Crippen molar-refractivity contribution in [2.24, 2.45) is 0 Å². The molecule has 1 aliphatic rings. The molecule has 1 heterocycles. The molecule has 0 radical (unpaired) electrons. The van der Waals surface area contributed by atoms with Crippen molar-refractivity contribution in [1.29, 1.82) is 0 Å². The van der Waals surface area contributed by atoms with E-state index < -0.39 is 0 Å². The van der Waals surface area contributed by atoms with Gasteiger partial charge in [0.2, 0.25) is 0 Å². The van der Waals surface area contributed by atoms with Gasteiger partial charge in [-0.15, -0.1) is 12.4 Å². The summed E-state index contributed by atoms with van der Waals surface area (Å²) in [6, 6.07) is 8.49. The highest BCUT2D eigenvalue weighted by atomic mass is 35.5. The summed E-state index contributed by atoms with van der Waals surface area (Å²) >= 11 is 0. The molecule has 1 aliphatic heterocycles. The summed E-state index contributed by atoms with van der Waals surface area (Å²) in [7, 11) is 0. The SMILES string of the molecule is Cc1ccccc1CC1NCCCO1.Cl. The molecule has 0 aliphatic carbocycles. The molecule has 1 atom stereocenters. The first kappa shape index (κ1) is 12.5. The Hall–Kier alpha value is -0.570. The maximum absolute atomic E-state index is 5.63. The lowest BCUT2D eigenvalue weighted by molar-refractivity contribution is 0.00186. The Kier molecular flexibility index (Phi) is 5.09. The van der Waals surface area contributed by atoms with E-state index in [1.54, 1.807) is 0 Å². The number of aryl methyl sites for hydroxylation is 1. The van der Waals surface area contributed by atoms with Crippen molar-refractivity contribution in [3.05, 3.63) is 35.4 Å². The topological polar surface area (TPSA) is 21.3 Å². The van der Waals surface area contributed by atoms with E-state index in [9.17, 15) is 0 Å². The normalized spacial score (nSPS) is 20.7. The van der Waals surface area contributed by atoms with Gasteiger partial charge < -0.3 is 4.74 Å². The van der Waals surface area contributed by atoms with Crippen LogP contribution in [-0.2, 0) is 11.2 Å². The summed E-state index contributed by atoms with van der Waals surface area (Å²) in [6.45, 7) is 4.12. The smallest absolute Gasteiger partial charge is 0.112 e. The van der Waals surface area contributed by atoms with Crippen LogP contribution in [0.1, 0.15) is 17.5 Å². The molecule has 3 heteroatoms. The van der Waals surface area contributed by atoms with Crippen LogP contribution in [0.3, 0.4) is 0 Å². The number of ether oxygens (including phenoxy) is 1. The maximum atomic E-state index is 5.63. The molecule has 1 N–H and O–H groups in total. The van der Waals surface area contributed by atoms with Gasteiger partial charge >= 0.3 is 0 Å². The van der Waals surface area contributed by atoms with Gasteiger partial charge in [-0.05, 0) is 31.0 Å². The van der Waals surface area contributed by atoms with Gasteiger partial charge in [0.15, 0.2) is 0 Å². The number of hydrogen-bond donors (Lipinski definition) is 1. The van der Waals surface area contributed by atoms with Crippen molar-refractivity contribution in [1.82, 2.24) is 5.32 Å². The highest BCUT2D eigenvalue weighted by Crippen LogP contribution is 2.11. The van der Waals surface area contributed by atoms with E-state index in [4.69, 9.17) is 4.74 Å². The Morgan fingerprint density at radius 3 is 2.87 bits per heavy atom. The van der Waals surface area contributed by atoms with Gasteiger partial charge in [-0.3, -0.25) is 5.32 Å². The van der Waals surface area contributed by atoms with Crippen molar-refractivity contribution in [3.8, 4) is 0 Å². The lowest BCUT2D eigenvalue weighted by Gasteiger charge is -2.24. The minimum Gasteiger partial charge on any atom is -0.363 e. The number of rotatable bonds is 2. The van der Waals surface area contributed by atoms with Crippen LogP contribution < -0.4 is 5.32 Å². The predicted molar refractivity (Wildman–Crippen MR) is 64.5 cm³/mol. The second-order valence-electron chi connectivity index (χ2n) is 3.80. The molecule has 1 aromatic carbocycles. The van der Waals surface area contributed by atoms with Crippen molar-refractivity contribution in [2.45, 2.75) is 26.0 Å². The second-order valence-corrected chi connectivity index (χ2v) is 3.80. The Labute approximate surface area is 97.4 Å². The van der Waals surface area contributed by atoms with Gasteiger partial charge in [-0.2, -0.15) is 0 Å². The van der Waals surface area contributed by atoms with Crippen LogP contribution in [0.4, 0.5) is 0 Å². The first-order chi connectivity index (χ1) is 6.86. The molecule has 0 saturated carbocycles. The zero-order valence-electron chi connectivity index (χ0n) is 9.03. The molecule has 15 heavy (non-hydrogen) atoms. The van der Waals surface area contributed by atoms with Gasteiger partial charge in [0.25, 0.3) is 0 Å². The maximum Gasteiger partial charge on any atom is 0.112 e. The van der Waals surface area contributed by atoms with Crippen LogP contribution in [0.15, 0.2) is 24.3 Å². The van der Waals surface area contributed by atoms with E-state index in [-0.39, 0.29) is 18.6 Å². The molecule has 2 nitrogen and oxygen atoms in total. The molecule has 0 aromatic heterocycles. The minimum atomic E-state index is 0. The summed E-state index contributed by atoms with van der Waals surface area (Å²) in [5.41, 5.74) is 2.73. The fraction of sp³-hybridized carbons (Fsp3) is 0.500. The Balaban J connectivity index is 0.00000112. The van der Waals surface area contributed by atoms with Crippen molar-refractivity contribution < 1.29 is 4.74 Å². The third-order valence-electron chi connectivity index (χ3n) is 2.68. The van der Waals surface area contributed by atoms with Crippen molar-refractivity contribution in [3.63, 3.8) is 0 Å². The second kappa shape index (κ2) is 6.11. The highest BCUT2D eigenvalue weighted by Gasteiger charge is 2.13. The highest BCUT2D eigenvalue weighted by molar-refractivity contribution is 5.85. The molecular formula is C12H18ClNO. The van der Waals surface area contributed by atoms with E-state index >= 15 is 0 Å². The molecule has 0 amide bonds. The number of benzene rings is 1. The third-order valence-corrected chi connectivity index (χ3v) is 2.68. The molecule has 1 fully saturated rings. The molecule has 0 spiro atoms. The average molecular weight is 228 g/mol. The van der Waals surface area contributed by atoms with Gasteiger partial charge in [0, 0.05) is 13.0 Å². The first-order valence-electron chi connectivity index (χ1n) is 5.26. The summed E-state index contributed by atoms with van der Waals surface area (Å²) in [5.74, 6) is 0. The standard InChI is InChI=1S/C12H17NO.ClH/c1-10-5-2-3-6-11(10)9-12-13-7-4-8-14-12;/h2-3,5-6,12-13H,4,7-9H2,1H3;1H. The summed E-state index contributed by atoms with van der Waals surface area (Å²) in [6.07, 6.45) is 2.32. The third kappa shape index (κ3) is 3.49. The number of hydrogen-bond acceptors (Lipinski definition) is 2. The van der Waals surface area contributed by atoms with Gasteiger partial charge in [0.05, 0.1) is 0 Å². The Morgan fingerprint density at radius 2 is 2.20 bits per heavy atom. The molecule has 1 saturated heterocycles. The molecule has 1 unspecified atom stereocenters. The predicted octanol–water partition coefficient (Wildman–Crippen LogP) is 2.30. The van der Waals surface area contributed by atoms with Gasteiger partial charge in [-0.1, -0.05) is 24.3 Å². The summed E-state index contributed by atoms with van der Waals surface area (Å²) in [5, 5.41) is 3.37. The minimum absolute atomic E-state index is 0. The number of halogens is 1. The largest absolute Gasteiger partial charge is 0.363 e. The van der Waals surface area contributed by atoms with E-state index in [0.717, 1.165) is 26.0 Å². The van der Waals surface area contributed by atoms with E-state index in [2.05, 4.69) is 36.5 Å². The summed E-state index contributed by atoms with van der Waals surface area (Å²) < 4.78 is 5.63. The van der Waals surface area contributed by atoms with Crippen LogP contribution >= 0.6 is 12.4 Å². The van der Waals surface area contributed by atoms with E-state index in [1.807, 2.05) is 0 Å². The average Bonchev–Trinajstić information content (AvgIpc) is 2.23. The number of nitrogens with one attached hydrogen (secondary N) is 1. The van der Waals surface area contributed by atoms with Gasteiger partial charge in [0.1, 0.15) is 6.23 Å². The van der Waals surface area contributed by atoms with Crippen LogP contribution in [0.5, 0.6) is 0 Å². The quantitative estimate of drug-likeness (QED) is 0.837. The van der Waals surface area contributed by atoms with Crippen LogP contribution in [0, 0.1) is 6.92 Å². The fourth-order valence-corrected chi connectivity index (χ4v) is 1.79. The Morgan fingerprint density at radius 1 is 1.40 bits per heavy atom. The van der Waals surface area contributed by atoms with Crippen LogP contribution in [0.25, 0.3) is 0 Å². The monoisotopic (exact) mass is 227 g/mol. The Bertz CT molecular complexity index is 297.